The zero-order valence-electron chi connectivity index (χ0n) is 24.7. The van der Waals surface area contributed by atoms with Crippen molar-refractivity contribution in [3.8, 4) is 17.6 Å². The zero-order chi connectivity index (χ0) is 33.9. The van der Waals surface area contributed by atoms with Gasteiger partial charge in [-0.25, -0.2) is 9.79 Å². The molecule has 0 bridgehead atoms. The minimum Gasteiger partial charge on any atom is -0.490 e. The molecular formula is C33H24BrClF3N3O5S. The van der Waals surface area contributed by atoms with Crippen LogP contribution in [0.2, 0.25) is 5.02 Å². The number of fused-ring (bicyclic) bond motifs is 1. The van der Waals surface area contributed by atoms with Gasteiger partial charge in [0.1, 0.15) is 6.61 Å². The molecule has 1 aromatic heterocycles. The van der Waals surface area contributed by atoms with Gasteiger partial charge in [-0.3, -0.25) is 9.36 Å². The van der Waals surface area contributed by atoms with Crippen LogP contribution in [-0.2, 0) is 16.1 Å². The topological polar surface area (TPSA) is 103 Å². The van der Waals surface area contributed by atoms with E-state index in [1.807, 2.05) is 0 Å². The van der Waals surface area contributed by atoms with Crippen LogP contribution >= 0.6 is 38.9 Å². The van der Waals surface area contributed by atoms with Gasteiger partial charge >= 0.3 is 12.1 Å². The quantitative estimate of drug-likeness (QED) is 0.179. The molecule has 242 valence electrons. The lowest BCUT2D eigenvalue weighted by molar-refractivity contribution is -0.140. The van der Waals surface area contributed by atoms with E-state index in [4.69, 9.17) is 31.1 Å². The number of carbonyl (C=O) groups is 1. The molecule has 1 atom stereocenters. The van der Waals surface area contributed by atoms with Crippen LogP contribution in [0, 0.1) is 11.3 Å². The lowest BCUT2D eigenvalue weighted by atomic mass is 9.95. The average Bonchev–Trinajstić information content (AvgIpc) is 3.34. The Kier molecular flexibility index (Phi) is 10.2. The Morgan fingerprint density at radius 2 is 1.81 bits per heavy atom. The molecule has 0 spiro atoms. The first-order chi connectivity index (χ1) is 22.4. The summed E-state index contributed by atoms with van der Waals surface area (Å²) in [5, 5.41) is 9.35. The molecule has 0 N–H and O–H groups in total. The maximum Gasteiger partial charge on any atom is 0.434 e. The summed E-state index contributed by atoms with van der Waals surface area (Å²) in [5.74, 6) is -0.483. The van der Waals surface area contributed by atoms with Crippen molar-refractivity contribution in [2.75, 3.05) is 13.2 Å². The Hall–Kier alpha value is -4.38. The summed E-state index contributed by atoms with van der Waals surface area (Å²) < 4.78 is 61.6. The highest BCUT2D eigenvalue weighted by Gasteiger charge is 2.45. The van der Waals surface area contributed by atoms with E-state index in [-0.39, 0.29) is 28.1 Å². The van der Waals surface area contributed by atoms with Gasteiger partial charge in [0, 0.05) is 5.02 Å². The van der Waals surface area contributed by atoms with Crippen molar-refractivity contribution in [3.05, 3.63) is 123 Å². The summed E-state index contributed by atoms with van der Waals surface area (Å²) >= 11 is 10.3. The summed E-state index contributed by atoms with van der Waals surface area (Å²) in [7, 11) is 0. The Balaban J connectivity index is 1.63. The predicted octanol–water partition coefficient (Wildman–Crippen LogP) is 6.61. The molecule has 0 radical (unpaired) electrons. The van der Waals surface area contributed by atoms with E-state index in [1.54, 1.807) is 43.3 Å². The molecule has 0 saturated carbocycles. The van der Waals surface area contributed by atoms with E-state index in [0.29, 0.717) is 38.7 Å². The van der Waals surface area contributed by atoms with Crippen molar-refractivity contribution < 1.29 is 32.2 Å². The summed E-state index contributed by atoms with van der Waals surface area (Å²) in [6.07, 6.45) is -3.52. The molecule has 0 unspecified atom stereocenters. The van der Waals surface area contributed by atoms with Crippen LogP contribution in [0.4, 0.5) is 13.2 Å². The molecule has 3 aromatic carbocycles. The van der Waals surface area contributed by atoms with Crippen LogP contribution in [-0.4, -0.2) is 29.9 Å². The van der Waals surface area contributed by atoms with Crippen LogP contribution in [0.15, 0.2) is 86.2 Å². The zero-order valence-corrected chi connectivity index (χ0v) is 27.9. The number of thiazole rings is 1. The van der Waals surface area contributed by atoms with Crippen LogP contribution < -0.4 is 24.4 Å². The average molecular weight is 747 g/mol. The number of nitriles is 1. The number of ether oxygens (including phenoxy) is 3. The maximum absolute atomic E-state index is 14.4. The molecule has 0 saturated heterocycles. The maximum atomic E-state index is 14.4. The minimum absolute atomic E-state index is 0.0648. The third-order valence-electron chi connectivity index (χ3n) is 6.88. The van der Waals surface area contributed by atoms with Gasteiger partial charge in [0.2, 0.25) is 0 Å². The fourth-order valence-corrected chi connectivity index (χ4v) is 6.56. The molecule has 0 amide bonds. The number of benzene rings is 3. The van der Waals surface area contributed by atoms with E-state index in [1.165, 1.54) is 37.3 Å². The van der Waals surface area contributed by atoms with Crippen molar-refractivity contribution in [2.24, 2.45) is 4.99 Å². The second-order valence-corrected chi connectivity index (χ2v) is 12.3. The normalized spacial score (nSPS) is 14.7. The summed E-state index contributed by atoms with van der Waals surface area (Å²) in [6.45, 7) is 3.55. The van der Waals surface area contributed by atoms with Crippen molar-refractivity contribution in [3.63, 3.8) is 0 Å². The number of aromatic nitrogens is 1. The van der Waals surface area contributed by atoms with Crippen LogP contribution in [0.1, 0.15) is 42.1 Å². The van der Waals surface area contributed by atoms with Crippen molar-refractivity contribution in [2.45, 2.75) is 32.7 Å². The fraction of sp³-hybridized carbons (Fsp3) is 0.212. The lowest BCUT2D eigenvalue weighted by Gasteiger charge is -2.26. The van der Waals surface area contributed by atoms with Gasteiger partial charge in [0.05, 0.1) is 45.5 Å². The van der Waals surface area contributed by atoms with Crippen molar-refractivity contribution >= 4 is 50.9 Å². The smallest absolute Gasteiger partial charge is 0.434 e. The number of halogens is 5. The molecule has 4 aromatic rings. The monoisotopic (exact) mass is 745 g/mol. The second kappa shape index (κ2) is 14.2. The Morgan fingerprint density at radius 3 is 2.43 bits per heavy atom. The highest BCUT2D eigenvalue weighted by molar-refractivity contribution is 9.10. The van der Waals surface area contributed by atoms with E-state index in [9.17, 15) is 22.8 Å². The molecule has 14 heteroatoms. The molecule has 47 heavy (non-hydrogen) atoms. The largest absolute Gasteiger partial charge is 0.490 e. The van der Waals surface area contributed by atoms with Gasteiger partial charge in [-0.05, 0) is 88.9 Å². The number of rotatable bonds is 9. The van der Waals surface area contributed by atoms with Gasteiger partial charge in [0.25, 0.3) is 5.56 Å². The first kappa shape index (κ1) is 34.0. The van der Waals surface area contributed by atoms with Crippen molar-refractivity contribution in [1.29, 1.82) is 5.26 Å². The number of alkyl halides is 3. The van der Waals surface area contributed by atoms with Gasteiger partial charge in [-0.1, -0.05) is 47.2 Å². The van der Waals surface area contributed by atoms with Crippen molar-refractivity contribution in [1.82, 2.24) is 4.57 Å². The summed E-state index contributed by atoms with van der Waals surface area (Å²) in [5.41, 5.74) is -0.858. The van der Waals surface area contributed by atoms with Crippen LogP contribution in [0.25, 0.3) is 6.08 Å². The number of esters is 1. The van der Waals surface area contributed by atoms with Gasteiger partial charge < -0.3 is 14.2 Å². The molecule has 1 aliphatic rings. The molecule has 1 aliphatic heterocycles. The SMILES string of the molecule is CCOC(=O)C1=C(C(F)(F)F)N=c2s/c(=C\c3cc(Br)c(OCc4ccc(C#N)cc4)c(OCC)c3)c(=O)n2[C@H]1c1ccc(Cl)cc1. The number of hydrogen-bond acceptors (Lipinski definition) is 8. The Morgan fingerprint density at radius 1 is 1.11 bits per heavy atom. The highest BCUT2D eigenvalue weighted by Crippen LogP contribution is 2.39. The van der Waals surface area contributed by atoms with Crippen LogP contribution in [0.5, 0.6) is 11.5 Å². The van der Waals surface area contributed by atoms with E-state index >= 15 is 0 Å². The first-order valence-electron chi connectivity index (χ1n) is 14.1. The van der Waals surface area contributed by atoms with Gasteiger partial charge in [0.15, 0.2) is 22.0 Å². The number of allylic oxidation sites excluding steroid dienone is 1. The fourth-order valence-electron chi connectivity index (χ4n) is 4.86. The summed E-state index contributed by atoms with van der Waals surface area (Å²) in [6, 6.07) is 16.6. The Labute approximate surface area is 283 Å². The van der Waals surface area contributed by atoms with Gasteiger partial charge in [-0.2, -0.15) is 18.4 Å². The molecule has 5 rings (SSSR count). The third kappa shape index (κ3) is 7.30. The molecule has 0 aliphatic carbocycles. The third-order valence-corrected chi connectivity index (χ3v) is 8.70. The van der Waals surface area contributed by atoms with Crippen LogP contribution in [0.3, 0.4) is 0 Å². The van der Waals surface area contributed by atoms with E-state index < -0.39 is 35.0 Å². The molecule has 0 fully saturated rings. The van der Waals surface area contributed by atoms with Gasteiger partial charge in [-0.15, -0.1) is 0 Å². The molecule has 8 nitrogen and oxygen atoms in total. The summed E-state index contributed by atoms with van der Waals surface area (Å²) in [4.78, 5) is 30.5. The first-order valence-corrected chi connectivity index (χ1v) is 16.1. The molecule has 2 heterocycles. The molecular weight excluding hydrogens is 723 g/mol. The highest BCUT2D eigenvalue weighted by atomic mass is 79.9. The van der Waals surface area contributed by atoms with E-state index in [2.05, 4.69) is 27.0 Å². The number of carbonyl (C=O) groups excluding carboxylic acids is 1. The number of nitrogens with zero attached hydrogens (tertiary/aromatic N) is 3. The van der Waals surface area contributed by atoms with E-state index in [0.717, 1.165) is 21.5 Å². The minimum atomic E-state index is -5.02. The standard InChI is InChI=1S/C33H24BrClF3N3O5S/c1-3-44-24-14-20(13-23(34)28(24)46-17-19-7-5-18(16-39)6-8-19)15-25-30(42)41-27(21-9-11-22(35)12-10-21)26(31(43)45-4-2)29(33(36,37)38)40-32(41)47-25/h5-15,27H,3-4,17H2,1-2H3/b25-15-/t27-/m0/s1. The lowest BCUT2D eigenvalue weighted by Crippen LogP contribution is -2.41. The predicted molar refractivity (Wildman–Crippen MR) is 173 cm³/mol. The number of hydrogen-bond donors (Lipinski definition) is 0. The Bertz CT molecular complexity index is 2090. The second-order valence-electron chi connectivity index (χ2n) is 9.98.